The second-order valence-corrected chi connectivity index (χ2v) is 12.1. The van der Waals surface area contributed by atoms with Crippen molar-refractivity contribution in [2.75, 3.05) is 7.11 Å². The minimum absolute atomic E-state index is 0.161. The summed E-state index contributed by atoms with van der Waals surface area (Å²) in [4.78, 5) is 0. The first-order chi connectivity index (χ1) is 15.2. The Labute approximate surface area is 199 Å². The van der Waals surface area contributed by atoms with Gasteiger partial charge in [-0.15, -0.1) is 0 Å². The molecule has 4 aliphatic rings. The molecule has 4 saturated carbocycles. The van der Waals surface area contributed by atoms with E-state index in [1.54, 1.807) is 19.2 Å². The first kappa shape index (κ1) is 22.2. The Kier molecular flexibility index (Phi) is 5.57. The van der Waals surface area contributed by atoms with Gasteiger partial charge in [0, 0.05) is 22.1 Å². The van der Waals surface area contributed by atoms with Crippen LogP contribution in [0.2, 0.25) is 0 Å². The lowest BCUT2D eigenvalue weighted by molar-refractivity contribution is -0.118. The van der Waals surface area contributed by atoms with Crippen LogP contribution in [0, 0.1) is 22.6 Å². The first-order valence-electron chi connectivity index (χ1n) is 11.7. The van der Waals surface area contributed by atoms with Gasteiger partial charge in [0.15, 0.2) is 11.5 Å². The fourth-order valence-electron chi connectivity index (χ4n) is 7.68. The lowest BCUT2D eigenvalue weighted by atomic mass is 9.43. The highest BCUT2D eigenvalue weighted by atomic mass is 79.9. The second-order valence-electron chi connectivity index (χ2n) is 11.2. The summed E-state index contributed by atoms with van der Waals surface area (Å²) in [5.74, 6) is 1.89. The largest absolute Gasteiger partial charge is 0.493 e. The molecule has 2 aromatic rings. The Hall–Kier alpha value is -1.59. The fourth-order valence-corrected chi connectivity index (χ4v) is 8.15. The van der Waals surface area contributed by atoms with Gasteiger partial charge in [0.1, 0.15) is 12.4 Å². The topological polar surface area (TPSA) is 30.5 Å². The molecule has 0 heterocycles. The summed E-state index contributed by atoms with van der Waals surface area (Å²) in [6, 6.07) is 10.7. The van der Waals surface area contributed by atoms with Crippen LogP contribution in [0.3, 0.4) is 0 Å². The molecule has 0 amide bonds. The van der Waals surface area contributed by atoms with Gasteiger partial charge in [-0.25, -0.2) is 4.39 Å². The van der Waals surface area contributed by atoms with E-state index in [9.17, 15) is 4.39 Å². The number of ether oxygens (including phenoxy) is 2. The zero-order chi connectivity index (χ0) is 22.6. The van der Waals surface area contributed by atoms with E-state index in [0.717, 1.165) is 22.5 Å². The second kappa shape index (κ2) is 8.02. The van der Waals surface area contributed by atoms with Crippen LogP contribution in [0.25, 0.3) is 0 Å². The number of hydrogen-bond donors (Lipinski definition) is 1. The zero-order valence-electron chi connectivity index (χ0n) is 19.3. The van der Waals surface area contributed by atoms with Gasteiger partial charge in [-0.1, -0.05) is 48.0 Å². The molecular formula is C27H33BrFNO2. The van der Waals surface area contributed by atoms with Crippen molar-refractivity contribution < 1.29 is 13.9 Å². The van der Waals surface area contributed by atoms with Crippen LogP contribution in [-0.2, 0) is 13.2 Å². The maximum absolute atomic E-state index is 14.0. The van der Waals surface area contributed by atoms with Gasteiger partial charge in [0.2, 0.25) is 0 Å². The molecule has 0 saturated heterocycles. The van der Waals surface area contributed by atoms with Crippen molar-refractivity contribution in [3.8, 4) is 11.5 Å². The fraction of sp³-hybridized carbons (Fsp3) is 0.556. The van der Waals surface area contributed by atoms with Gasteiger partial charge < -0.3 is 14.8 Å². The molecule has 172 valence electrons. The van der Waals surface area contributed by atoms with Gasteiger partial charge in [0.05, 0.1) is 7.11 Å². The standard InChI is InChI=1S/C27H33BrFNO2/c1-25-10-18-11-26(2,15-25)17-27(12-18,16-25)30-13-20-8-23(31-3)24(9-21(20)28)32-14-19-6-4-5-7-22(19)29/h4-9,18,30H,10-17H2,1-3H3. The average Bonchev–Trinajstić information content (AvgIpc) is 2.70. The number of benzene rings is 2. The van der Waals surface area contributed by atoms with E-state index in [-0.39, 0.29) is 18.0 Å². The molecule has 0 spiro atoms. The van der Waals surface area contributed by atoms with E-state index in [2.05, 4.69) is 35.1 Å². The van der Waals surface area contributed by atoms with E-state index >= 15 is 0 Å². The average molecular weight is 502 g/mol. The van der Waals surface area contributed by atoms with Crippen molar-refractivity contribution in [3.05, 3.63) is 57.8 Å². The first-order valence-corrected chi connectivity index (χ1v) is 12.5. The molecule has 6 rings (SSSR count). The predicted octanol–water partition coefficient (Wildman–Crippen LogP) is 7.01. The number of rotatable bonds is 7. The summed E-state index contributed by atoms with van der Waals surface area (Å²) in [6.07, 6.45) is 8.05. The highest BCUT2D eigenvalue weighted by molar-refractivity contribution is 9.10. The molecule has 0 radical (unpaired) electrons. The molecule has 2 atom stereocenters. The maximum Gasteiger partial charge on any atom is 0.162 e. The van der Waals surface area contributed by atoms with Crippen LogP contribution in [0.4, 0.5) is 4.39 Å². The molecule has 4 fully saturated rings. The molecule has 4 aliphatic carbocycles. The van der Waals surface area contributed by atoms with Crippen molar-refractivity contribution in [2.45, 2.75) is 71.1 Å². The molecule has 0 aromatic heterocycles. The van der Waals surface area contributed by atoms with Crippen molar-refractivity contribution in [3.63, 3.8) is 0 Å². The minimum atomic E-state index is -0.260. The van der Waals surface area contributed by atoms with Crippen molar-refractivity contribution in [1.82, 2.24) is 5.32 Å². The molecule has 2 unspecified atom stereocenters. The molecule has 3 nitrogen and oxygen atoms in total. The van der Waals surface area contributed by atoms with Gasteiger partial charge in [0.25, 0.3) is 0 Å². The van der Waals surface area contributed by atoms with Crippen molar-refractivity contribution >= 4 is 15.9 Å². The normalized spacial score (nSPS) is 32.8. The molecule has 32 heavy (non-hydrogen) atoms. The maximum atomic E-state index is 14.0. The third-order valence-electron chi connectivity index (χ3n) is 7.95. The Balaban J connectivity index is 1.31. The molecule has 0 aliphatic heterocycles. The summed E-state index contributed by atoms with van der Waals surface area (Å²) < 4.78 is 26.5. The molecule has 4 bridgehead atoms. The molecular weight excluding hydrogens is 469 g/mol. The Morgan fingerprint density at radius 2 is 1.72 bits per heavy atom. The quantitative estimate of drug-likeness (QED) is 0.442. The number of nitrogens with one attached hydrogen (secondary N) is 1. The summed E-state index contributed by atoms with van der Waals surface area (Å²) >= 11 is 3.73. The Morgan fingerprint density at radius 1 is 1.00 bits per heavy atom. The summed E-state index contributed by atoms with van der Waals surface area (Å²) in [6.45, 7) is 5.97. The predicted molar refractivity (Wildman–Crippen MR) is 128 cm³/mol. The minimum Gasteiger partial charge on any atom is -0.493 e. The van der Waals surface area contributed by atoms with Crippen molar-refractivity contribution in [2.24, 2.45) is 16.7 Å². The number of methoxy groups -OCH3 is 1. The van der Waals surface area contributed by atoms with Gasteiger partial charge in [-0.05, 0) is 79.0 Å². The van der Waals surface area contributed by atoms with E-state index in [1.807, 2.05) is 18.2 Å². The van der Waals surface area contributed by atoms with Gasteiger partial charge >= 0.3 is 0 Å². The highest BCUT2D eigenvalue weighted by Gasteiger charge is 2.59. The van der Waals surface area contributed by atoms with Crippen LogP contribution in [0.5, 0.6) is 11.5 Å². The summed E-state index contributed by atoms with van der Waals surface area (Å²) in [5.41, 5.74) is 2.91. The van der Waals surface area contributed by atoms with Crippen LogP contribution in [-0.4, -0.2) is 12.6 Å². The van der Waals surface area contributed by atoms with E-state index < -0.39 is 0 Å². The highest BCUT2D eigenvalue weighted by Crippen LogP contribution is 2.66. The van der Waals surface area contributed by atoms with Crippen LogP contribution in [0.1, 0.15) is 63.5 Å². The number of halogens is 2. The van der Waals surface area contributed by atoms with Gasteiger partial charge in [-0.2, -0.15) is 0 Å². The van der Waals surface area contributed by atoms with Crippen LogP contribution < -0.4 is 14.8 Å². The molecule has 5 heteroatoms. The SMILES string of the molecule is COc1cc(CNC23CC4CC(C)(CC(C)(C4)C2)C3)c(Br)cc1OCc1ccccc1F. The lowest BCUT2D eigenvalue weighted by Crippen LogP contribution is -2.63. The van der Waals surface area contributed by atoms with Crippen LogP contribution in [0.15, 0.2) is 40.9 Å². The van der Waals surface area contributed by atoms with E-state index in [4.69, 9.17) is 9.47 Å². The smallest absolute Gasteiger partial charge is 0.162 e. The summed E-state index contributed by atoms with van der Waals surface area (Å²) in [7, 11) is 1.65. The van der Waals surface area contributed by atoms with E-state index in [0.29, 0.717) is 27.9 Å². The lowest BCUT2D eigenvalue weighted by Gasteiger charge is -2.65. The van der Waals surface area contributed by atoms with Gasteiger partial charge in [-0.3, -0.25) is 0 Å². The Morgan fingerprint density at radius 3 is 2.38 bits per heavy atom. The Bertz CT molecular complexity index is 1010. The van der Waals surface area contributed by atoms with Crippen LogP contribution >= 0.6 is 15.9 Å². The third-order valence-corrected chi connectivity index (χ3v) is 8.69. The third kappa shape index (κ3) is 4.19. The molecule has 1 N–H and O–H groups in total. The summed E-state index contributed by atoms with van der Waals surface area (Å²) in [5, 5.41) is 3.99. The zero-order valence-corrected chi connectivity index (χ0v) is 20.9. The van der Waals surface area contributed by atoms with Crippen molar-refractivity contribution in [1.29, 1.82) is 0 Å². The monoisotopic (exact) mass is 501 g/mol. The van der Waals surface area contributed by atoms with E-state index in [1.165, 1.54) is 44.6 Å². The molecule has 2 aromatic carbocycles. The number of hydrogen-bond acceptors (Lipinski definition) is 3.